The third-order valence-corrected chi connectivity index (χ3v) is 10.2. The highest BCUT2D eigenvalue weighted by atomic mass is 32.1. The molecule has 10 aromatic rings. The molecule has 0 aliphatic heterocycles. The van der Waals surface area contributed by atoms with Gasteiger partial charge in [-0.3, -0.25) is 0 Å². The van der Waals surface area contributed by atoms with Crippen LogP contribution in [0.3, 0.4) is 0 Å². The molecule has 3 aromatic heterocycles. The number of aromatic nitrogens is 2. The summed E-state index contributed by atoms with van der Waals surface area (Å²) in [6, 6.07) is 53.5. The molecule has 0 aliphatic rings. The zero-order valence-electron chi connectivity index (χ0n) is 23.2. The number of benzene rings is 7. The van der Waals surface area contributed by atoms with Gasteiger partial charge in [-0.25, -0.2) is 0 Å². The van der Waals surface area contributed by atoms with E-state index in [9.17, 15) is 0 Å². The van der Waals surface area contributed by atoms with Crippen LogP contribution in [0, 0.1) is 0 Å². The van der Waals surface area contributed by atoms with Crippen molar-refractivity contribution in [1.82, 2.24) is 9.13 Å². The molecule has 0 unspecified atom stereocenters. The highest BCUT2D eigenvalue weighted by molar-refractivity contribution is 7.25. The Hall–Kier alpha value is -5.38. The number of thiophene rings is 1. The van der Waals surface area contributed by atoms with E-state index in [1.165, 1.54) is 85.9 Å². The molecule has 43 heavy (non-hydrogen) atoms. The van der Waals surface area contributed by atoms with Gasteiger partial charge in [0.1, 0.15) is 0 Å². The molecule has 0 bridgehead atoms. The van der Waals surface area contributed by atoms with Crippen LogP contribution in [0.2, 0.25) is 0 Å². The van der Waals surface area contributed by atoms with Crippen LogP contribution in [0.4, 0.5) is 0 Å². The third-order valence-electron chi connectivity index (χ3n) is 9.06. The molecule has 0 saturated carbocycles. The normalized spacial score (nSPS) is 12.2. The second-order valence-electron chi connectivity index (χ2n) is 11.4. The summed E-state index contributed by atoms with van der Waals surface area (Å²) in [4.78, 5) is 0. The van der Waals surface area contributed by atoms with Gasteiger partial charge in [0, 0.05) is 47.4 Å². The van der Waals surface area contributed by atoms with Gasteiger partial charge in [-0.2, -0.15) is 0 Å². The summed E-state index contributed by atoms with van der Waals surface area (Å²) < 4.78 is 7.54. The quantitative estimate of drug-likeness (QED) is 0.198. The molecule has 0 radical (unpaired) electrons. The summed E-state index contributed by atoms with van der Waals surface area (Å²) >= 11 is 1.87. The maximum absolute atomic E-state index is 2.49. The average Bonchev–Trinajstić information content (AvgIpc) is 3.70. The first-order valence-corrected chi connectivity index (χ1v) is 15.5. The van der Waals surface area contributed by atoms with Crippen molar-refractivity contribution in [1.29, 1.82) is 0 Å². The Balaban J connectivity index is 1.36. The largest absolute Gasteiger partial charge is 0.309 e. The fraction of sp³-hybridized carbons (Fsp3) is 0. The number of para-hydroxylation sites is 3. The Morgan fingerprint density at radius 3 is 1.67 bits per heavy atom. The first-order chi connectivity index (χ1) is 21.3. The fourth-order valence-electron chi connectivity index (χ4n) is 7.24. The standard InChI is InChI=1S/C40H24N2S/c1-2-11-27(12-3-1)41-33-16-7-4-13-28(33)31-21-25-22-32-29-14-5-8-17-34(29)42(37(32)24-26(25)23-36(31)41)35-18-10-20-39-40(35)30-15-6-9-19-38(30)43-39/h1-24H. The zero-order valence-corrected chi connectivity index (χ0v) is 24.0. The van der Waals surface area contributed by atoms with E-state index in [1.807, 2.05) is 11.3 Å². The van der Waals surface area contributed by atoms with Crippen molar-refractivity contribution in [3.05, 3.63) is 146 Å². The van der Waals surface area contributed by atoms with Gasteiger partial charge in [-0.15, -0.1) is 11.3 Å². The average molecular weight is 565 g/mol. The third kappa shape index (κ3) is 3.17. The lowest BCUT2D eigenvalue weighted by molar-refractivity contribution is 1.18. The Morgan fingerprint density at radius 2 is 0.930 bits per heavy atom. The van der Waals surface area contributed by atoms with Crippen molar-refractivity contribution in [2.24, 2.45) is 0 Å². The van der Waals surface area contributed by atoms with Gasteiger partial charge in [-0.1, -0.05) is 78.9 Å². The van der Waals surface area contributed by atoms with Crippen molar-refractivity contribution in [3.63, 3.8) is 0 Å². The van der Waals surface area contributed by atoms with Crippen LogP contribution >= 0.6 is 11.3 Å². The highest BCUT2D eigenvalue weighted by Crippen LogP contribution is 2.42. The van der Waals surface area contributed by atoms with E-state index >= 15 is 0 Å². The molecular formula is C40H24N2S. The Kier molecular flexibility index (Phi) is 4.63. The van der Waals surface area contributed by atoms with Crippen molar-refractivity contribution in [3.8, 4) is 11.4 Å². The molecule has 7 aromatic carbocycles. The molecule has 2 nitrogen and oxygen atoms in total. The molecule has 3 heteroatoms. The summed E-state index contributed by atoms with van der Waals surface area (Å²) in [5.74, 6) is 0. The number of fused-ring (bicyclic) bond motifs is 10. The van der Waals surface area contributed by atoms with Crippen LogP contribution in [0.1, 0.15) is 0 Å². The molecule has 0 amide bonds. The minimum atomic E-state index is 1.18. The minimum Gasteiger partial charge on any atom is -0.309 e. The molecule has 200 valence electrons. The van der Waals surface area contributed by atoms with Gasteiger partial charge >= 0.3 is 0 Å². The van der Waals surface area contributed by atoms with E-state index in [4.69, 9.17) is 0 Å². The van der Waals surface area contributed by atoms with Crippen LogP contribution in [-0.4, -0.2) is 9.13 Å². The summed E-state index contributed by atoms with van der Waals surface area (Å²) in [6.45, 7) is 0. The summed E-state index contributed by atoms with van der Waals surface area (Å²) in [7, 11) is 0. The molecule has 3 heterocycles. The van der Waals surface area contributed by atoms with E-state index in [2.05, 4.69) is 155 Å². The van der Waals surface area contributed by atoms with Crippen molar-refractivity contribution >= 4 is 85.9 Å². The number of hydrogen-bond donors (Lipinski definition) is 0. The lowest BCUT2D eigenvalue weighted by atomic mass is 10.0. The van der Waals surface area contributed by atoms with E-state index in [0.29, 0.717) is 0 Å². The molecule has 0 atom stereocenters. The van der Waals surface area contributed by atoms with E-state index < -0.39 is 0 Å². The minimum absolute atomic E-state index is 1.18. The van der Waals surface area contributed by atoms with E-state index in [-0.39, 0.29) is 0 Å². The first kappa shape index (κ1) is 23.2. The topological polar surface area (TPSA) is 9.86 Å². The summed E-state index contributed by atoms with van der Waals surface area (Å²) in [5.41, 5.74) is 7.35. The van der Waals surface area contributed by atoms with Crippen LogP contribution in [0.5, 0.6) is 0 Å². The first-order valence-electron chi connectivity index (χ1n) is 14.7. The predicted molar refractivity (Wildman–Crippen MR) is 186 cm³/mol. The summed E-state index contributed by atoms with van der Waals surface area (Å²) in [5, 5.41) is 10.3. The van der Waals surface area contributed by atoms with Crippen molar-refractivity contribution in [2.75, 3.05) is 0 Å². The van der Waals surface area contributed by atoms with Crippen LogP contribution < -0.4 is 0 Å². The molecule has 10 rings (SSSR count). The lowest BCUT2D eigenvalue weighted by Crippen LogP contribution is -1.95. The molecule has 0 aliphatic carbocycles. The van der Waals surface area contributed by atoms with Crippen LogP contribution in [0.15, 0.2) is 146 Å². The second-order valence-corrected chi connectivity index (χ2v) is 12.5. The summed E-state index contributed by atoms with van der Waals surface area (Å²) in [6.07, 6.45) is 0. The maximum atomic E-state index is 2.49. The monoisotopic (exact) mass is 564 g/mol. The predicted octanol–water partition coefficient (Wildman–Crippen LogP) is 11.4. The second kappa shape index (κ2) is 8.57. The van der Waals surface area contributed by atoms with Crippen molar-refractivity contribution in [2.45, 2.75) is 0 Å². The Morgan fingerprint density at radius 1 is 0.372 bits per heavy atom. The Labute approximate surface area is 251 Å². The van der Waals surface area contributed by atoms with Gasteiger partial charge in [0.2, 0.25) is 0 Å². The number of rotatable bonds is 2. The van der Waals surface area contributed by atoms with Gasteiger partial charge in [0.05, 0.1) is 27.8 Å². The molecule has 0 spiro atoms. The smallest absolute Gasteiger partial charge is 0.0555 e. The molecule has 0 fully saturated rings. The lowest BCUT2D eigenvalue weighted by Gasteiger charge is -2.11. The Bertz CT molecular complexity index is 2720. The number of nitrogens with zero attached hydrogens (tertiary/aromatic N) is 2. The zero-order chi connectivity index (χ0) is 28.1. The van der Waals surface area contributed by atoms with E-state index in [0.717, 1.165) is 0 Å². The molecule has 0 N–H and O–H groups in total. The van der Waals surface area contributed by atoms with Crippen molar-refractivity contribution < 1.29 is 0 Å². The van der Waals surface area contributed by atoms with Gasteiger partial charge < -0.3 is 9.13 Å². The van der Waals surface area contributed by atoms with Crippen LogP contribution in [0.25, 0.3) is 85.9 Å². The molecular weight excluding hydrogens is 541 g/mol. The highest BCUT2D eigenvalue weighted by Gasteiger charge is 2.19. The SMILES string of the molecule is c1ccc(-n2c3ccccc3c3cc4cc5c6ccccc6n(-c6cccc7sc8ccccc8c67)c5cc4cc32)cc1. The maximum Gasteiger partial charge on any atom is 0.0555 e. The number of hydrogen-bond acceptors (Lipinski definition) is 1. The fourth-order valence-corrected chi connectivity index (χ4v) is 8.36. The van der Waals surface area contributed by atoms with Crippen LogP contribution in [-0.2, 0) is 0 Å². The molecule has 0 saturated heterocycles. The van der Waals surface area contributed by atoms with E-state index in [1.54, 1.807) is 0 Å². The van der Waals surface area contributed by atoms with Gasteiger partial charge in [0.15, 0.2) is 0 Å². The van der Waals surface area contributed by atoms with Gasteiger partial charge in [0.25, 0.3) is 0 Å². The van der Waals surface area contributed by atoms with Gasteiger partial charge in [-0.05, 0) is 77.5 Å².